The number of thiazole rings is 1. The third-order valence-electron chi connectivity index (χ3n) is 1.42. The molecule has 72 valence electrons. The summed E-state index contributed by atoms with van der Waals surface area (Å²) in [7, 11) is 0. The second kappa shape index (κ2) is 5.53. The molecule has 13 heavy (non-hydrogen) atoms. The van der Waals surface area contributed by atoms with Gasteiger partial charge in [-0.2, -0.15) is 0 Å². The summed E-state index contributed by atoms with van der Waals surface area (Å²) in [4.78, 5) is 15.1. The number of rotatable bonds is 4. The lowest BCUT2D eigenvalue weighted by Gasteiger charge is -2.03. The first-order chi connectivity index (χ1) is 6.33. The molecular formula is C8H13N3OS. The number of hydrogen-bond donors (Lipinski definition) is 2. The Morgan fingerprint density at radius 1 is 1.62 bits per heavy atom. The van der Waals surface area contributed by atoms with Crippen LogP contribution in [-0.4, -0.2) is 17.6 Å². The SMILES string of the molecule is CCCNC(=O)NCc1nccs1. The molecule has 1 aromatic rings. The van der Waals surface area contributed by atoms with Crippen LogP contribution in [0.15, 0.2) is 11.6 Å². The van der Waals surface area contributed by atoms with E-state index in [1.165, 1.54) is 11.3 Å². The molecule has 0 bridgehead atoms. The Bertz CT molecular complexity index is 248. The summed E-state index contributed by atoms with van der Waals surface area (Å²) < 4.78 is 0. The number of amides is 2. The van der Waals surface area contributed by atoms with E-state index in [-0.39, 0.29) is 6.03 Å². The van der Waals surface area contributed by atoms with E-state index in [0.29, 0.717) is 13.1 Å². The molecule has 0 saturated carbocycles. The molecular weight excluding hydrogens is 186 g/mol. The Hall–Kier alpha value is -1.10. The molecule has 5 heteroatoms. The molecule has 0 atom stereocenters. The molecule has 1 heterocycles. The van der Waals surface area contributed by atoms with E-state index in [2.05, 4.69) is 15.6 Å². The highest BCUT2D eigenvalue weighted by Crippen LogP contribution is 2.01. The van der Waals surface area contributed by atoms with Gasteiger partial charge < -0.3 is 10.6 Å². The molecule has 2 amide bonds. The predicted octanol–water partition coefficient (Wildman–Crippen LogP) is 1.35. The molecule has 2 N–H and O–H groups in total. The minimum Gasteiger partial charge on any atom is -0.338 e. The number of aromatic nitrogens is 1. The molecule has 0 aromatic carbocycles. The second-order valence-electron chi connectivity index (χ2n) is 2.54. The topological polar surface area (TPSA) is 54.0 Å². The Labute approximate surface area is 81.4 Å². The lowest BCUT2D eigenvalue weighted by molar-refractivity contribution is 0.240. The minimum atomic E-state index is -0.128. The van der Waals surface area contributed by atoms with Gasteiger partial charge in [0.1, 0.15) is 5.01 Å². The molecule has 0 fully saturated rings. The number of carbonyl (C=O) groups excluding carboxylic acids is 1. The molecule has 4 nitrogen and oxygen atoms in total. The molecule has 0 unspecified atom stereocenters. The van der Waals surface area contributed by atoms with Crippen LogP contribution in [0.2, 0.25) is 0 Å². The van der Waals surface area contributed by atoms with Gasteiger partial charge in [0.25, 0.3) is 0 Å². The second-order valence-corrected chi connectivity index (χ2v) is 3.51. The third-order valence-corrected chi connectivity index (χ3v) is 2.20. The number of carbonyl (C=O) groups is 1. The zero-order valence-corrected chi connectivity index (χ0v) is 8.36. The molecule has 0 spiro atoms. The van der Waals surface area contributed by atoms with E-state index in [4.69, 9.17) is 0 Å². The van der Waals surface area contributed by atoms with Crippen LogP contribution < -0.4 is 10.6 Å². The number of nitrogens with zero attached hydrogens (tertiary/aromatic N) is 1. The normalized spacial score (nSPS) is 9.62. The first-order valence-electron chi connectivity index (χ1n) is 4.23. The van der Waals surface area contributed by atoms with Gasteiger partial charge in [0, 0.05) is 18.1 Å². The average molecular weight is 199 g/mol. The lowest BCUT2D eigenvalue weighted by atomic mass is 10.5. The zero-order valence-electron chi connectivity index (χ0n) is 7.54. The Kier molecular flexibility index (Phi) is 4.25. The van der Waals surface area contributed by atoms with Crippen LogP contribution in [0.5, 0.6) is 0 Å². The van der Waals surface area contributed by atoms with Crippen molar-refractivity contribution in [1.29, 1.82) is 0 Å². The minimum absolute atomic E-state index is 0.128. The maximum atomic E-state index is 11.1. The fraction of sp³-hybridized carbons (Fsp3) is 0.500. The fourth-order valence-corrected chi connectivity index (χ4v) is 1.35. The highest BCUT2D eigenvalue weighted by Gasteiger charge is 1.99. The zero-order chi connectivity index (χ0) is 9.52. The van der Waals surface area contributed by atoms with E-state index in [1.807, 2.05) is 12.3 Å². The van der Waals surface area contributed by atoms with Crippen molar-refractivity contribution in [3.05, 3.63) is 16.6 Å². The molecule has 0 aliphatic rings. The van der Waals surface area contributed by atoms with Crippen LogP contribution in [0.4, 0.5) is 4.79 Å². The van der Waals surface area contributed by atoms with Crippen molar-refractivity contribution in [2.75, 3.05) is 6.54 Å². The van der Waals surface area contributed by atoms with Crippen LogP contribution in [0, 0.1) is 0 Å². The van der Waals surface area contributed by atoms with E-state index in [1.54, 1.807) is 6.20 Å². The van der Waals surface area contributed by atoms with Gasteiger partial charge in [0.2, 0.25) is 0 Å². The monoisotopic (exact) mass is 199 g/mol. The van der Waals surface area contributed by atoms with Gasteiger partial charge in [0.05, 0.1) is 6.54 Å². The summed E-state index contributed by atoms with van der Waals surface area (Å²) >= 11 is 1.54. The van der Waals surface area contributed by atoms with Crippen LogP contribution in [0.25, 0.3) is 0 Å². The molecule has 1 rings (SSSR count). The van der Waals surface area contributed by atoms with Crippen molar-refractivity contribution in [2.24, 2.45) is 0 Å². The first kappa shape index (κ1) is 9.98. The largest absolute Gasteiger partial charge is 0.338 e. The highest BCUT2D eigenvalue weighted by atomic mass is 32.1. The van der Waals surface area contributed by atoms with E-state index < -0.39 is 0 Å². The van der Waals surface area contributed by atoms with E-state index >= 15 is 0 Å². The summed E-state index contributed by atoms with van der Waals surface area (Å²) in [6.07, 6.45) is 2.68. The standard InChI is InChI=1S/C8H13N3OS/c1-2-3-10-8(12)11-6-7-9-4-5-13-7/h4-5H,2-3,6H2,1H3,(H2,10,11,12). The Morgan fingerprint density at radius 3 is 3.08 bits per heavy atom. The third kappa shape index (κ3) is 3.89. The summed E-state index contributed by atoms with van der Waals surface area (Å²) in [6, 6.07) is -0.128. The van der Waals surface area contributed by atoms with Crippen molar-refractivity contribution in [3.63, 3.8) is 0 Å². The predicted molar refractivity (Wildman–Crippen MR) is 52.6 cm³/mol. The Morgan fingerprint density at radius 2 is 2.46 bits per heavy atom. The van der Waals surface area contributed by atoms with Crippen molar-refractivity contribution >= 4 is 17.4 Å². The van der Waals surface area contributed by atoms with Gasteiger partial charge in [-0.25, -0.2) is 9.78 Å². The van der Waals surface area contributed by atoms with Crippen molar-refractivity contribution in [2.45, 2.75) is 19.9 Å². The maximum Gasteiger partial charge on any atom is 0.315 e. The van der Waals surface area contributed by atoms with Gasteiger partial charge in [0.15, 0.2) is 0 Å². The average Bonchev–Trinajstić information content (AvgIpc) is 2.64. The number of hydrogen-bond acceptors (Lipinski definition) is 3. The van der Waals surface area contributed by atoms with Gasteiger partial charge >= 0.3 is 6.03 Å². The summed E-state index contributed by atoms with van der Waals surface area (Å²) in [5.41, 5.74) is 0. The van der Waals surface area contributed by atoms with Gasteiger partial charge in [-0.15, -0.1) is 11.3 Å². The summed E-state index contributed by atoms with van der Waals surface area (Å²) in [5, 5.41) is 8.25. The lowest BCUT2D eigenvalue weighted by Crippen LogP contribution is -2.35. The number of nitrogens with one attached hydrogen (secondary N) is 2. The van der Waals surface area contributed by atoms with Crippen molar-refractivity contribution in [3.8, 4) is 0 Å². The van der Waals surface area contributed by atoms with Gasteiger partial charge in [-0.3, -0.25) is 0 Å². The van der Waals surface area contributed by atoms with Crippen LogP contribution in [-0.2, 0) is 6.54 Å². The highest BCUT2D eigenvalue weighted by molar-refractivity contribution is 7.09. The van der Waals surface area contributed by atoms with E-state index in [9.17, 15) is 4.79 Å². The van der Waals surface area contributed by atoms with Crippen molar-refractivity contribution in [1.82, 2.24) is 15.6 Å². The van der Waals surface area contributed by atoms with E-state index in [0.717, 1.165) is 11.4 Å². The number of urea groups is 1. The quantitative estimate of drug-likeness (QED) is 0.769. The smallest absolute Gasteiger partial charge is 0.315 e. The molecule has 1 aromatic heterocycles. The van der Waals surface area contributed by atoms with Gasteiger partial charge in [-0.05, 0) is 6.42 Å². The van der Waals surface area contributed by atoms with Crippen LogP contribution >= 0.6 is 11.3 Å². The fourth-order valence-electron chi connectivity index (χ4n) is 0.797. The molecule has 0 radical (unpaired) electrons. The molecule has 0 aliphatic heterocycles. The first-order valence-corrected chi connectivity index (χ1v) is 5.11. The maximum absolute atomic E-state index is 11.1. The molecule has 0 aliphatic carbocycles. The van der Waals surface area contributed by atoms with Crippen LogP contribution in [0.1, 0.15) is 18.4 Å². The van der Waals surface area contributed by atoms with Gasteiger partial charge in [-0.1, -0.05) is 6.92 Å². The summed E-state index contributed by atoms with van der Waals surface area (Å²) in [5.74, 6) is 0. The van der Waals surface area contributed by atoms with Crippen LogP contribution in [0.3, 0.4) is 0 Å². The summed E-state index contributed by atoms with van der Waals surface area (Å²) in [6.45, 7) is 3.23. The molecule has 0 saturated heterocycles. The Balaban J connectivity index is 2.15. The van der Waals surface area contributed by atoms with Crippen molar-refractivity contribution < 1.29 is 4.79 Å².